The van der Waals surface area contributed by atoms with Crippen molar-refractivity contribution in [2.24, 2.45) is 0 Å². The van der Waals surface area contributed by atoms with E-state index in [4.69, 9.17) is 9.84 Å². The third kappa shape index (κ3) is 2.94. The summed E-state index contributed by atoms with van der Waals surface area (Å²) in [4.78, 5) is 23.3. The number of carbonyl (C=O) groups is 2. The van der Waals surface area contributed by atoms with Crippen LogP contribution < -0.4 is 10.1 Å². The van der Waals surface area contributed by atoms with E-state index in [1.165, 1.54) is 19.2 Å². The SMILES string of the molecule is COc1csc(C(=O)Nc2ccc(F)cc2C(=O)O)c1. The highest BCUT2D eigenvalue weighted by Gasteiger charge is 2.16. The van der Waals surface area contributed by atoms with E-state index in [0.717, 1.165) is 23.5 Å². The number of methoxy groups -OCH3 is 1. The molecule has 0 fully saturated rings. The minimum Gasteiger partial charge on any atom is -0.496 e. The van der Waals surface area contributed by atoms with Gasteiger partial charge in [-0.25, -0.2) is 9.18 Å². The summed E-state index contributed by atoms with van der Waals surface area (Å²) in [5.41, 5.74) is -0.266. The van der Waals surface area contributed by atoms with Crippen molar-refractivity contribution in [1.82, 2.24) is 0 Å². The number of amides is 1. The van der Waals surface area contributed by atoms with Crippen LogP contribution in [0.25, 0.3) is 0 Å². The lowest BCUT2D eigenvalue weighted by molar-refractivity contribution is 0.0697. The molecule has 7 heteroatoms. The Bertz CT molecular complexity index is 668. The van der Waals surface area contributed by atoms with Crippen molar-refractivity contribution in [3.63, 3.8) is 0 Å². The largest absolute Gasteiger partial charge is 0.496 e. The average Bonchev–Trinajstić information content (AvgIpc) is 2.89. The van der Waals surface area contributed by atoms with Gasteiger partial charge in [0.1, 0.15) is 11.6 Å². The van der Waals surface area contributed by atoms with Crippen molar-refractivity contribution < 1.29 is 23.8 Å². The highest BCUT2D eigenvalue weighted by atomic mass is 32.1. The zero-order chi connectivity index (χ0) is 14.7. The predicted octanol–water partition coefficient (Wildman–Crippen LogP) is 2.85. The number of halogens is 1. The number of carboxylic acid groups (broad SMARTS) is 1. The van der Waals surface area contributed by atoms with Crippen LogP contribution in [0, 0.1) is 5.82 Å². The molecule has 20 heavy (non-hydrogen) atoms. The summed E-state index contributed by atoms with van der Waals surface area (Å²) in [6.07, 6.45) is 0. The van der Waals surface area contributed by atoms with E-state index in [1.54, 1.807) is 5.38 Å². The predicted molar refractivity (Wildman–Crippen MR) is 72.2 cm³/mol. The van der Waals surface area contributed by atoms with Gasteiger partial charge < -0.3 is 15.2 Å². The minimum atomic E-state index is -1.32. The Balaban J connectivity index is 2.25. The summed E-state index contributed by atoms with van der Waals surface area (Å²) < 4.78 is 18.0. The van der Waals surface area contributed by atoms with Crippen LogP contribution in [0.15, 0.2) is 29.6 Å². The molecule has 1 amide bonds. The van der Waals surface area contributed by atoms with Gasteiger partial charge in [0.25, 0.3) is 5.91 Å². The minimum absolute atomic E-state index is 0.0382. The zero-order valence-corrected chi connectivity index (χ0v) is 11.2. The second kappa shape index (κ2) is 5.70. The summed E-state index contributed by atoms with van der Waals surface area (Å²) >= 11 is 1.16. The smallest absolute Gasteiger partial charge is 0.337 e. The van der Waals surface area contributed by atoms with Crippen LogP contribution in [-0.2, 0) is 0 Å². The molecule has 2 aromatic rings. The molecule has 0 atom stereocenters. The van der Waals surface area contributed by atoms with Crippen molar-refractivity contribution in [3.8, 4) is 5.75 Å². The van der Waals surface area contributed by atoms with E-state index in [-0.39, 0.29) is 11.3 Å². The van der Waals surface area contributed by atoms with E-state index in [9.17, 15) is 14.0 Å². The van der Waals surface area contributed by atoms with Crippen LogP contribution in [0.2, 0.25) is 0 Å². The van der Waals surface area contributed by atoms with Crippen molar-refractivity contribution in [1.29, 1.82) is 0 Å². The van der Waals surface area contributed by atoms with E-state index in [1.807, 2.05) is 0 Å². The number of carbonyl (C=O) groups excluding carboxylic acids is 1. The molecule has 0 aliphatic heterocycles. The number of ether oxygens (including phenoxy) is 1. The van der Waals surface area contributed by atoms with Gasteiger partial charge in [-0.2, -0.15) is 0 Å². The summed E-state index contributed by atoms with van der Waals surface area (Å²) in [6, 6.07) is 4.68. The summed E-state index contributed by atoms with van der Waals surface area (Å²) in [7, 11) is 1.48. The first-order valence-corrected chi connectivity index (χ1v) is 6.36. The monoisotopic (exact) mass is 295 g/mol. The maximum atomic E-state index is 13.0. The fourth-order valence-electron chi connectivity index (χ4n) is 1.53. The van der Waals surface area contributed by atoms with Gasteiger partial charge in [-0.05, 0) is 18.2 Å². The van der Waals surface area contributed by atoms with Gasteiger partial charge in [-0.15, -0.1) is 11.3 Å². The van der Waals surface area contributed by atoms with Gasteiger partial charge in [-0.1, -0.05) is 0 Å². The maximum Gasteiger partial charge on any atom is 0.337 e. The molecule has 2 rings (SSSR count). The normalized spacial score (nSPS) is 10.1. The number of hydrogen-bond donors (Lipinski definition) is 2. The van der Waals surface area contributed by atoms with Crippen LogP contribution in [0.5, 0.6) is 5.75 Å². The topological polar surface area (TPSA) is 75.6 Å². The molecular formula is C13H10FNO4S. The first kappa shape index (κ1) is 14.0. The number of nitrogens with one attached hydrogen (secondary N) is 1. The second-order valence-electron chi connectivity index (χ2n) is 3.80. The van der Waals surface area contributed by atoms with Gasteiger partial charge >= 0.3 is 5.97 Å². The Morgan fingerprint density at radius 3 is 2.70 bits per heavy atom. The van der Waals surface area contributed by atoms with Gasteiger partial charge in [0.05, 0.1) is 23.2 Å². The summed E-state index contributed by atoms with van der Waals surface area (Å²) in [6.45, 7) is 0. The van der Waals surface area contributed by atoms with Gasteiger partial charge in [0.15, 0.2) is 0 Å². The van der Waals surface area contributed by atoms with Crippen molar-refractivity contribution in [2.45, 2.75) is 0 Å². The molecule has 2 N–H and O–H groups in total. The van der Waals surface area contributed by atoms with Gasteiger partial charge in [-0.3, -0.25) is 4.79 Å². The number of thiophene rings is 1. The van der Waals surface area contributed by atoms with E-state index >= 15 is 0 Å². The van der Waals surface area contributed by atoms with E-state index < -0.39 is 17.7 Å². The Kier molecular flexibility index (Phi) is 3.99. The molecule has 0 saturated carbocycles. The lowest BCUT2D eigenvalue weighted by Crippen LogP contribution is -2.13. The molecule has 1 aromatic carbocycles. The highest BCUT2D eigenvalue weighted by molar-refractivity contribution is 7.12. The number of rotatable bonds is 4. The fraction of sp³-hybridized carbons (Fsp3) is 0.0769. The molecule has 1 aromatic heterocycles. The molecule has 0 unspecified atom stereocenters. The summed E-state index contributed by atoms with van der Waals surface area (Å²) in [5.74, 6) is -1.94. The number of hydrogen-bond acceptors (Lipinski definition) is 4. The van der Waals surface area contributed by atoms with E-state index in [2.05, 4.69) is 5.32 Å². The molecular weight excluding hydrogens is 285 g/mol. The first-order chi connectivity index (χ1) is 9.51. The van der Waals surface area contributed by atoms with Crippen molar-refractivity contribution in [2.75, 3.05) is 12.4 Å². The number of benzene rings is 1. The molecule has 5 nitrogen and oxygen atoms in total. The van der Waals surface area contributed by atoms with Gasteiger partial charge in [0.2, 0.25) is 0 Å². The lowest BCUT2D eigenvalue weighted by Gasteiger charge is -2.07. The zero-order valence-electron chi connectivity index (χ0n) is 10.3. The Hall–Kier alpha value is -2.41. The number of carboxylic acids is 1. The fourth-order valence-corrected chi connectivity index (χ4v) is 2.28. The Morgan fingerprint density at radius 1 is 1.35 bits per heavy atom. The third-order valence-corrected chi connectivity index (χ3v) is 3.40. The Labute approximate surface area is 117 Å². The number of anilines is 1. The molecule has 104 valence electrons. The molecule has 0 saturated heterocycles. The third-order valence-electron chi connectivity index (χ3n) is 2.50. The van der Waals surface area contributed by atoms with Crippen LogP contribution in [0.1, 0.15) is 20.0 Å². The van der Waals surface area contributed by atoms with Crippen molar-refractivity contribution in [3.05, 3.63) is 45.9 Å². The average molecular weight is 295 g/mol. The molecule has 0 spiro atoms. The van der Waals surface area contributed by atoms with Crippen LogP contribution in [-0.4, -0.2) is 24.1 Å². The molecule has 0 bridgehead atoms. The molecule has 0 radical (unpaired) electrons. The van der Waals surface area contributed by atoms with E-state index in [0.29, 0.717) is 10.6 Å². The molecule has 0 aliphatic rings. The van der Waals surface area contributed by atoms with Crippen LogP contribution >= 0.6 is 11.3 Å². The molecule has 0 aliphatic carbocycles. The highest BCUT2D eigenvalue weighted by Crippen LogP contribution is 2.23. The van der Waals surface area contributed by atoms with Crippen molar-refractivity contribution >= 4 is 28.9 Å². The first-order valence-electron chi connectivity index (χ1n) is 5.48. The van der Waals surface area contributed by atoms with Crippen LogP contribution in [0.3, 0.4) is 0 Å². The molecule has 1 heterocycles. The second-order valence-corrected chi connectivity index (χ2v) is 4.71. The number of aromatic carboxylic acids is 1. The Morgan fingerprint density at radius 2 is 2.10 bits per heavy atom. The lowest BCUT2D eigenvalue weighted by atomic mass is 10.1. The van der Waals surface area contributed by atoms with Crippen LogP contribution in [0.4, 0.5) is 10.1 Å². The standard InChI is InChI=1S/C13H10FNO4S/c1-19-8-5-11(20-6-8)12(16)15-10-3-2-7(14)4-9(10)13(17)18/h2-6H,1H3,(H,15,16)(H,17,18). The quantitative estimate of drug-likeness (QED) is 0.909. The van der Waals surface area contributed by atoms with Gasteiger partial charge in [0, 0.05) is 11.4 Å². The summed E-state index contributed by atoms with van der Waals surface area (Å²) in [5, 5.41) is 13.1. The maximum absolute atomic E-state index is 13.0.